The van der Waals surface area contributed by atoms with Crippen molar-refractivity contribution in [2.24, 2.45) is 0 Å². The summed E-state index contributed by atoms with van der Waals surface area (Å²) >= 11 is 0. The number of benzene rings is 1. The van der Waals surface area contributed by atoms with Crippen LogP contribution < -0.4 is 4.74 Å². The number of rotatable bonds is 5. The fourth-order valence-electron chi connectivity index (χ4n) is 1.39. The lowest BCUT2D eigenvalue weighted by Crippen LogP contribution is -2.04. The molecular weight excluding hydrogens is 274 g/mol. The van der Waals surface area contributed by atoms with Crippen LogP contribution in [-0.4, -0.2) is 29.4 Å². The minimum atomic E-state index is -2.89. The van der Waals surface area contributed by atoms with Gasteiger partial charge >= 0.3 is 18.5 Å². The first-order valence-electron chi connectivity index (χ1n) is 5.66. The largest absolute Gasteiger partial charge is 0.459 e. The van der Waals surface area contributed by atoms with Gasteiger partial charge in [0.25, 0.3) is 0 Å². The summed E-state index contributed by atoms with van der Waals surface area (Å²) in [5.74, 6) is -0.899. The van der Waals surface area contributed by atoms with Crippen LogP contribution in [-0.2, 0) is 4.74 Å². The highest BCUT2D eigenvalue weighted by molar-refractivity contribution is 5.84. The standard InChI is InChI=1S/C12H10F2N2O4/c1-2-18-11(17)10-16-15-9(20-10)7-3-5-8(6-4-7)19-12(13)14/h3-6,12H,2H2,1H3. The molecule has 1 aromatic heterocycles. The molecule has 0 bridgehead atoms. The van der Waals surface area contributed by atoms with Crippen molar-refractivity contribution < 1.29 is 27.5 Å². The van der Waals surface area contributed by atoms with Crippen molar-refractivity contribution in [2.45, 2.75) is 13.5 Å². The SMILES string of the molecule is CCOC(=O)c1nnc(-c2ccc(OC(F)F)cc2)o1. The molecule has 0 aliphatic carbocycles. The van der Waals surface area contributed by atoms with Gasteiger partial charge in [-0.05, 0) is 31.2 Å². The molecule has 106 valence electrons. The first-order chi connectivity index (χ1) is 9.60. The van der Waals surface area contributed by atoms with Crippen LogP contribution >= 0.6 is 0 Å². The van der Waals surface area contributed by atoms with Gasteiger partial charge in [-0.3, -0.25) is 0 Å². The second-order valence-electron chi connectivity index (χ2n) is 3.54. The summed E-state index contributed by atoms with van der Waals surface area (Å²) in [5, 5.41) is 7.21. The first-order valence-corrected chi connectivity index (χ1v) is 5.66. The number of hydrogen-bond donors (Lipinski definition) is 0. The van der Waals surface area contributed by atoms with E-state index in [4.69, 9.17) is 9.15 Å². The summed E-state index contributed by atoms with van der Waals surface area (Å²) in [6, 6.07) is 5.58. The zero-order chi connectivity index (χ0) is 14.5. The number of ether oxygens (including phenoxy) is 2. The molecule has 1 aromatic carbocycles. The van der Waals surface area contributed by atoms with E-state index < -0.39 is 12.6 Å². The van der Waals surface area contributed by atoms with E-state index in [2.05, 4.69) is 14.9 Å². The molecule has 0 unspecified atom stereocenters. The lowest BCUT2D eigenvalue weighted by atomic mass is 10.2. The number of esters is 1. The van der Waals surface area contributed by atoms with Crippen molar-refractivity contribution in [3.63, 3.8) is 0 Å². The Balaban J connectivity index is 2.14. The van der Waals surface area contributed by atoms with Crippen molar-refractivity contribution in [2.75, 3.05) is 6.61 Å². The minimum absolute atomic E-state index is 0.00822. The Morgan fingerprint density at radius 3 is 2.60 bits per heavy atom. The zero-order valence-corrected chi connectivity index (χ0v) is 10.4. The molecule has 0 atom stereocenters. The van der Waals surface area contributed by atoms with Crippen molar-refractivity contribution in [3.05, 3.63) is 30.2 Å². The van der Waals surface area contributed by atoms with E-state index in [1.54, 1.807) is 6.92 Å². The number of carbonyl (C=O) groups excluding carboxylic acids is 1. The molecule has 0 spiro atoms. The molecule has 8 heteroatoms. The Morgan fingerprint density at radius 1 is 1.30 bits per heavy atom. The van der Waals surface area contributed by atoms with E-state index in [0.29, 0.717) is 5.56 Å². The maximum absolute atomic E-state index is 12.0. The van der Waals surface area contributed by atoms with Crippen molar-refractivity contribution in [1.82, 2.24) is 10.2 Å². The molecule has 0 amide bonds. The van der Waals surface area contributed by atoms with E-state index in [0.717, 1.165) is 0 Å². The maximum Gasteiger partial charge on any atom is 0.396 e. The van der Waals surface area contributed by atoms with Crippen LogP contribution in [0.25, 0.3) is 11.5 Å². The number of nitrogens with zero attached hydrogens (tertiary/aromatic N) is 2. The lowest BCUT2D eigenvalue weighted by molar-refractivity contribution is -0.0498. The zero-order valence-electron chi connectivity index (χ0n) is 10.4. The van der Waals surface area contributed by atoms with Gasteiger partial charge in [-0.2, -0.15) is 8.78 Å². The predicted molar refractivity (Wildman–Crippen MR) is 62.3 cm³/mol. The Morgan fingerprint density at radius 2 is 2.00 bits per heavy atom. The van der Waals surface area contributed by atoms with Crippen LogP contribution in [0.15, 0.2) is 28.7 Å². The van der Waals surface area contributed by atoms with Crippen LogP contribution in [0.3, 0.4) is 0 Å². The topological polar surface area (TPSA) is 74.5 Å². The monoisotopic (exact) mass is 284 g/mol. The number of aromatic nitrogens is 2. The Kier molecular flexibility index (Phi) is 4.24. The van der Waals surface area contributed by atoms with Crippen molar-refractivity contribution >= 4 is 5.97 Å². The summed E-state index contributed by atoms with van der Waals surface area (Å²) in [4.78, 5) is 11.3. The molecule has 0 saturated carbocycles. The van der Waals surface area contributed by atoms with Crippen molar-refractivity contribution in [3.8, 4) is 17.2 Å². The Hall–Kier alpha value is -2.51. The fourth-order valence-corrected chi connectivity index (χ4v) is 1.39. The molecule has 20 heavy (non-hydrogen) atoms. The fraction of sp³-hybridized carbons (Fsp3) is 0.250. The number of carbonyl (C=O) groups is 1. The molecule has 0 aliphatic rings. The Labute approximate surface area is 112 Å². The van der Waals surface area contributed by atoms with Gasteiger partial charge in [-0.1, -0.05) is 0 Å². The summed E-state index contributed by atoms with van der Waals surface area (Å²) in [7, 11) is 0. The van der Waals surface area contributed by atoms with Crippen LogP contribution in [0.1, 0.15) is 17.6 Å². The smallest absolute Gasteiger partial charge is 0.396 e. The second kappa shape index (κ2) is 6.09. The van der Waals surface area contributed by atoms with Gasteiger partial charge < -0.3 is 13.9 Å². The van der Waals surface area contributed by atoms with Crippen molar-refractivity contribution in [1.29, 1.82) is 0 Å². The molecule has 2 rings (SSSR count). The number of alkyl halides is 2. The van der Waals surface area contributed by atoms with Gasteiger partial charge in [0.15, 0.2) is 0 Å². The lowest BCUT2D eigenvalue weighted by Gasteiger charge is -2.03. The minimum Gasteiger partial charge on any atom is -0.459 e. The summed E-state index contributed by atoms with van der Waals surface area (Å²) in [5.41, 5.74) is 0.467. The number of halogens is 2. The molecule has 0 saturated heterocycles. The third kappa shape index (κ3) is 3.28. The number of hydrogen-bond acceptors (Lipinski definition) is 6. The molecule has 0 aliphatic heterocycles. The highest BCUT2D eigenvalue weighted by Gasteiger charge is 2.16. The van der Waals surface area contributed by atoms with Gasteiger partial charge in [0.05, 0.1) is 6.61 Å². The third-order valence-corrected chi connectivity index (χ3v) is 2.20. The highest BCUT2D eigenvalue weighted by atomic mass is 19.3. The van der Waals surface area contributed by atoms with E-state index in [1.807, 2.05) is 0 Å². The van der Waals surface area contributed by atoms with Crippen LogP contribution in [0.5, 0.6) is 5.75 Å². The summed E-state index contributed by atoms with van der Waals surface area (Å²) in [6.07, 6.45) is 0. The van der Waals surface area contributed by atoms with Gasteiger partial charge in [-0.25, -0.2) is 4.79 Å². The Bertz CT molecular complexity index is 583. The summed E-state index contributed by atoms with van der Waals surface area (Å²) < 4.78 is 38.0. The van der Waals surface area contributed by atoms with Crippen LogP contribution in [0.2, 0.25) is 0 Å². The maximum atomic E-state index is 12.0. The van der Waals surface area contributed by atoms with Gasteiger partial charge in [0, 0.05) is 5.56 Å². The van der Waals surface area contributed by atoms with Gasteiger partial charge in [-0.15, -0.1) is 10.2 Å². The van der Waals surface area contributed by atoms with E-state index in [-0.39, 0.29) is 24.1 Å². The van der Waals surface area contributed by atoms with Gasteiger partial charge in [0.1, 0.15) is 5.75 Å². The predicted octanol–water partition coefficient (Wildman–Crippen LogP) is 2.51. The molecule has 0 fully saturated rings. The molecule has 0 radical (unpaired) electrons. The molecular formula is C12H10F2N2O4. The van der Waals surface area contributed by atoms with Crippen LogP contribution in [0, 0.1) is 0 Å². The quantitative estimate of drug-likeness (QED) is 0.785. The highest BCUT2D eigenvalue weighted by Crippen LogP contribution is 2.22. The molecule has 2 aromatic rings. The van der Waals surface area contributed by atoms with Gasteiger partial charge in [0.2, 0.25) is 5.89 Å². The second-order valence-corrected chi connectivity index (χ2v) is 3.54. The first kappa shape index (κ1) is 13.9. The van der Waals surface area contributed by atoms with E-state index in [1.165, 1.54) is 24.3 Å². The molecule has 6 nitrogen and oxygen atoms in total. The average Bonchev–Trinajstić information content (AvgIpc) is 2.89. The average molecular weight is 284 g/mol. The molecule has 1 heterocycles. The molecule has 0 N–H and O–H groups in total. The normalized spacial score (nSPS) is 10.6. The summed E-state index contributed by atoms with van der Waals surface area (Å²) in [6.45, 7) is -1.05. The van der Waals surface area contributed by atoms with E-state index >= 15 is 0 Å². The van der Waals surface area contributed by atoms with Crippen LogP contribution in [0.4, 0.5) is 8.78 Å². The van der Waals surface area contributed by atoms with E-state index in [9.17, 15) is 13.6 Å². The third-order valence-electron chi connectivity index (χ3n) is 2.20.